The van der Waals surface area contributed by atoms with E-state index in [0.717, 1.165) is 5.41 Å². The molecule has 0 saturated carbocycles. The van der Waals surface area contributed by atoms with E-state index in [1.807, 2.05) is 0 Å². The fourth-order valence-electron chi connectivity index (χ4n) is 0.424. The second-order valence-corrected chi connectivity index (χ2v) is 3.52. The van der Waals surface area contributed by atoms with Gasteiger partial charge in [0, 0.05) is 0 Å². The molecule has 9 heavy (non-hydrogen) atoms. The SMILES string of the molecule is C.O=S1(=O)C=COCC1. The molecule has 1 aliphatic rings. The van der Waals surface area contributed by atoms with Crippen molar-refractivity contribution in [1.29, 1.82) is 0 Å². The molecule has 1 aliphatic heterocycles. The monoisotopic (exact) mass is 150 g/mol. The molecule has 0 amide bonds. The summed E-state index contributed by atoms with van der Waals surface area (Å²) in [5.41, 5.74) is 0. The van der Waals surface area contributed by atoms with Gasteiger partial charge in [-0.15, -0.1) is 0 Å². The molecule has 0 bridgehead atoms. The number of hydrogen-bond donors (Lipinski definition) is 0. The van der Waals surface area contributed by atoms with Gasteiger partial charge in [-0.25, -0.2) is 8.42 Å². The third-order valence-corrected chi connectivity index (χ3v) is 2.11. The van der Waals surface area contributed by atoms with Gasteiger partial charge in [0.1, 0.15) is 6.61 Å². The minimum absolute atomic E-state index is 0. The van der Waals surface area contributed by atoms with Crippen molar-refractivity contribution in [1.82, 2.24) is 0 Å². The predicted molar refractivity (Wildman–Crippen MR) is 35.6 cm³/mol. The summed E-state index contributed by atoms with van der Waals surface area (Å²) in [7, 11) is -2.89. The van der Waals surface area contributed by atoms with Crippen molar-refractivity contribution in [2.75, 3.05) is 12.4 Å². The van der Waals surface area contributed by atoms with Crippen LogP contribution >= 0.6 is 0 Å². The minimum atomic E-state index is -2.89. The van der Waals surface area contributed by atoms with E-state index in [4.69, 9.17) is 0 Å². The van der Waals surface area contributed by atoms with Crippen molar-refractivity contribution in [3.8, 4) is 0 Å². The van der Waals surface area contributed by atoms with Crippen molar-refractivity contribution >= 4 is 9.84 Å². The fraction of sp³-hybridized carbons (Fsp3) is 0.600. The smallest absolute Gasteiger partial charge is 0.177 e. The van der Waals surface area contributed by atoms with E-state index < -0.39 is 9.84 Å². The largest absolute Gasteiger partial charge is 0.499 e. The van der Waals surface area contributed by atoms with Crippen LogP contribution in [0.3, 0.4) is 0 Å². The maximum atomic E-state index is 10.5. The molecule has 0 spiro atoms. The first-order valence-electron chi connectivity index (χ1n) is 2.22. The summed E-state index contributed by atoms with van der Waals surface area (Å²) in [5.74, 6) is 0.115. The zero-order valence-corrected chi connectivity index (χ0v) is 5.02. The van der Waals surface area contributed by atoms with Crippen LogP contribution in [0.4, 0.5) is 0 Å². The van der Waals surface area contributed by atoms with Crippen LogP contribution in [0.25, 0.3) is 0 Å². The Morgan fingerprint density at radius 2 is 2.11 bits per heavy atom. The molecule has 0 aromatic carbocycles. The van der Waals surface area contributed by atoms with E-state index in [1.165, 1.54) is 6.26 Å². The second kappa shape index (κ2) is 2.87. The molecule has 0 radical (unpaired) electrons. The third kappa shape index (κ3) is 2.51. The highest BCUT2D eigenvalue weighted by Crippen LogP contribution is 1.98. The normalized spacial score (nSPS) is 21.8. The Hall–Kier alpha value is -0.510. The van der Waals surface area contributed by atoms with Gasteiger partial charge in [0.25, 0.3) is 0 Å². The zero-order valence-electron chi connectivity index (χ0n) is 4.20. The first kappa shape index (κ1) is 8.49. The third-order valence-electron chi connectivity index (χ3n) is 0.845. The van der Waals surface area contributed by atoms with Crippen LogP contribution in [0.5, 0.6) is 0 Å². The lowest BCUT2D eigenvalue weighted by molar-refractivity contribution is 0.267. The van der Waals surface area contributed by atoms with Gasteiger partial charge in [0.2, 0.25) is 0 Å². The number of hydrogen-bond acceptors (Lipinski definition) is 3. The molecule has 4 heteroatoms. The lowest BCUT2D eigenvalue weighted by Crippen LogP contribution is -2.11. The summed E-state index contributed by atoms with van der Waals surface area (Å²) in [4.78, 5) is 0. The van der Waals surface area contributed by atoms with Crippen LogP contribution in [-0.2, 0) is 14.6 Å². The second-order valence-electron chi connectivity index (χ2n) is 1.51. The first-order chi connectivity index (χ1) is 3.71. The van der Waals surface area contributed by atoms with Crippen LogP contribution in [0, 0.1) is 0 Å². The molecule has 0 atom stereocenters. The summed E-state index contributed by atoms with van der Waals surface area (Å²) < 4.78 is 25.6. The highest BCUT2D eigenvalue weighted by atomic mass is 32.2. The quantitative estimate of drug-likeness (QED) is 0.506. The molecular formula is C5H10O3S. The van der Waals surface area contributed by atoms with Gasteiger partial charge >= 0.3 is 0 Å². The molecule has 0 fully saturated rings. The Bertz CT molecular complexity index is 190. The number of ether oxygens (including phenoxy) is 1. The Morgan fingerprint density at radius 1 is 1.44 bits per heavy atom. The maximum absolute atomic E-state index is 10.5. The van der Waals surface area contributed by atoms with Gasteiger partial charge in [-0.2, -0.15) is 0 Å². The van der Waals surface area contributed by atoms with Crippen LogP contribution in [0.15, 0.2) is 11.7 Å². The van der Waals surface area contributed by atoms with Crippen molar-refractivity contribution < 1.29 is 13.2 Å². The average molecular weight is 150 g/mol. The van der Waals surface area contributed by atoms with Crippen LogP contribution < -0.4 is 0 Å². The lowest BCUT2D eigenvalue weighted by Gasteiger charge is -2.03. The lowest BCUT2D eigenvalue weighted by atomic mass is 10.8. The van der Waals surface area contributed by atoms with E-state index in [2.05, 4.69) is 4.74 Å². The van der Waals surface area contributed by atoms with Gasteiger partial charge in [-0.3, -0.25) is 0 Å². The molecule has 0 N–H and O–H groups in total. The molecule has 3 nitrogen and oxygen atoms in total. The van der Waals surface area contributed by atoms with E-state index in [0.29, 0.717) is 6.61 Å². The van der Waals surface area contributed by atoms with Crippen molar-refractivity contribution in [3.05, 3.63) is 11.7 Å². The van der Waals surface area contributed by atoms with Crippen LogP contribution in [0.1, 0.15) is 7.43 Å². The average Bonchev–Trinajstić information content (AvgIpc) is 1.65. The van der Waals surface area contributed by atoms with Crippen LogP contribution in [-0.4, -0.2) is 20.8 Å². The Kier molecular flexibility index (Phi) is 2.70. The molecule has 54 valence electrons. The van der Waals surface area contributed by atoms with E-state index in [-0.39, 0.29) is 13.2 Å². The van der Waals surface area contributed by atoms with Gasteiger partial charge in [-0.1, -0.05) is 7.43 Å². The van der Waals surface area contributed by atoms with Gasteiger partial charge in [0.05, 0.1) is 17.4 Å². The zero-order chi connectivity index (χ0) is 6.04. The van der Waals surface area contributed by atoms with Crippen molar-refractivity contribution in [2.45, 2.75) is 7.43 Å². The van der Waals surface area contributed by atoms with Crippen molar-refractivity contribution in [2.24, 2.45) is 0 Å². The van der Waals surface area contributed by atoms with Crippen LogP contribution in [0.2, 0.25) is 0 Å². The number of sulfone groups is 1. The van der Waals surface area contributed by atoms with E-state index in [1.54, 1.807) is 0 Å². The van der Waals surface area contributed by atoms with E-state index >= 15 is 0 Å². The van der Waals surface area contributed by atoms with Gasteiger partial charge in [0.15, 0.2) is 9.84 Å². The van der Waals surface area contributed by atoms with Gasteiger partial charge in [-0.05, 0) is 0 Å². The van der Waals surface area contributed by atoms with E-state index in [9.17, 15) is 8.42 Å². The Morgan fingerprint density at radius 3 is 2.33 bits per heavy atom. The highest BCUT2D eigenvalue weighted by Gasteiger charge is 2.08. The standard InChI is InChI=1S/C4H6O3S.CH4/c5-8(6)3-1-7-2-4-8;/h1,3H,2,4H2;1H4. The minimum Gasteiger partial charge on any atom is -0.499 e. The Labute approximate surface area is 55.2 Å². The Balaban J connectivity index is 0.000000640. The molecule has 0 saturated heterocycles. The molecule has 0 aromatic heterocycles. The molecular weight excluding hydrogens is 140 g/mol. The summed E-state index contributed by atoms with van der Waals surface area (Å²) in [6.45, 7) is 0.291. The summed E-state index contributed by atoms with van der Waals surface area (Å²) in [5, 5.41) is 1.08. The topological polar surface area (TPSA) is 43.4 Å². The van der Waals surface area contributed by atoms with Gasteiger partial charge < -0.3 is 4.74 Å². The molecule has 1 heterocycles. The predicted octanol–water partition coefficient (Wildman–Crippen LogP) is 0.539. The highest BCUT2D eigenvalue weighted by molar-refractivity contribution is 7.94. The summed E-state index contributed by atoms with van der Waals surface area (Å²) in [6.07, 6.45) is 1.21. The maximum Gasteiger partial charge on any atom is 0.177 e. The molecule has 0 aliphatic carbocycles. The molecule has 1 rings (SSSR count). The first-order valence-corrected chi connectivity index (χ1v) is 3.93. The van der Waals surface area contributed by atoms with Crippen molar-refractivity contribution in [3.63, 3.8) is 0 Å². The summed E-state index contributed by atoms with van der Waals surface area (Å²) >= 11 is 0. The molecule has 0 aromatic rings. The summed E-state index contributed by atoms with van der Waals surface area (Å²) in [6, 6.07) is 0. The molecule has 0 unspecified atom stereocenters. The fourth-order valence-corrected chi connectivity index (χ4v) is 1.14. The number of rotatable bonds is 0.